The highest BCUT2D eigenvalue weighted by Gasteiger charge is 1.95. The normalized spacial score (nSPS) is 14.6. The van der Waals surface area contributed by atoms with Crippen LogP contribution in [-0.4, -0.2) is 20.0 Å². The van der Waals surface area contributed by atoms with Crippen LogP contribution in [0.4, 0.5) is 0 Å². The summed E-state index contributed by atoms with van der Waals surface area (Å²) in [6.07, 6.45) is 3.88. The summed E-state index contributed by atoms with van der Waals surface area (Å²) >= 11 is 0. The molecule has 0 N–H and O–H groups in total. The molecular formula is C9H16O2. The zero-order valence-corrected chi connectivity index (χ0v) is 7.46. The van der Waals surface area contributed by atoms with Crippen LogP contribution in [0, 0.1) is 0 Å². The van der Waals surface area contributed by atoms with Crippen molar-refractivity contribution in [2.75, 3.05) is 13.9 Å². The van der Waals surface area contributed by atoms with Crippen LogP contribution in [-0.2, 0) is 9.47 Å². The molecule has 0 spiro atoms. The third-order valence-electron chi connectivity index (χ3n) is 1.27. The predicted molar refractivity (Wildman–Crippen MR) is 46.4 cm³/mol. The van der Waals surface area contributed by atoms with Crippen molar-refractivity contribution in [3.8, 4) is 0 Å². The van der Waals surface area contributed by atoms with Gasteiger partial charge in [0.2, 0.25) is 0 Å². The van der Waals surface area contributed by atoms with Gasteiger partial charge in [0.25, 0.3) is 0 Å². The highest BCUT2D eigenvalue weighted by Crippen LogP contribution is 1.99. The lowest BCUT2D eigenvalue weighted by Crippen LogP contribution is -2.07. The Balaban J connectivity index is 3.66. The molecular weight excluding hydrogens is 140 g/mol. The lowest BCUT2D eigenvalue weighted by molar-refractivity contribution is -0.0496. The van der Waals surface area contributed by atoms with E-state index in [4.69, 9.17) is 9.47 Å². The van der Waals surface area contributed by atoms with Crippen molar-refractivity contribution in [1.29, 1.82) is 0 Å². The minimum Gasteiger partial charge on any atom is -0.359 e. The summed E-state index contributed by atoms with van der Waals surface area (Å²) in [5, 5.41) is 0. The first-order valence-corrected chi connectivity index (χ1v) is 3.62. The fourth-order valence-electron chi connectivity index (χ4n) is 0.662. The SMILES string of the molecule is C=C/C(C)=C/[C@H](C)OCOC. The largest absolute Gasteiger partial charge is 0.359 e. The molecule has 0 aliphatic carbocycles. The molecule has 0 unspecified atom stereocenters. The molecule has 0 bridgehead atoms. The Morgan fingerprint density at radius 3 is 2.73 bits per heavy atom. The molecule has 11 heavy (non-hydrogen) atoms. The minimum absolute atomic E-state index is 0.0907. The van der Waals surface area contributed by atoms with E-state index < -0.39 is 0 Å². The second-order valence-corrected chi connectivity index (χ2v) is 2.39. The van der Waals surface area contributed by atoms with E-state index >= 15 is 0 Å². The smallest absolute Gasteiger partial charge is 0.147 e. The Labute approximate surface area is 68.5 Å². The standard InChI is InChI=1S/C9H16O2/c1-5-8(2)6-9(3)11-7-10-4/h5-6,9H,1,7H2,2-4H3/b8-6+/t9-/m0/s1. The van der Waals surface area contributed by atoms with E-state index in [0.717, 1.165) is 5.57 Å². The predicted octanol–water partition coefficient (Wildman–Crippen LogP) is 2.13. The first-order valence-electron chi connectivity index (χ1n) is 3.62. The summed E-state index contributed by atoms with van der Waals surface area (Å²) in [5.41, 5.74) is 1.12. The van der Waals surface area contributed by atoms with Crippen LogP contribution in [0.3, 0.4) is 0 Å². The maximum atomic E-state index is 5.22. The Kier molecular flexibility index (Phi) is 5.80. The van der Waals surface area contributed by atoms with Crippen molar-refractivity contribution >= 4 is 0 Å². The van der Waals surface area contributed by atoms with Crippen molar-refractivity contribution in [2.24, 2.45) is 0 Å². The summed E-state index contributed by atoms with van der Waals surface area (Å²) in [6, 6.07) is 0. The topological polar surface area (TPSA) is 18.5 Å². The van der Waals surface area contributed by atoms with Gasteiger partial charge < -0.3 is 9.47 Å². The number of ether oxygens (including phenoxy) is 2. The Bertz CT molecular complexity index is 138. The van der Waals surface area contributed by atoms with Gasteiger partial charge in [-0.15, -0.1) is 0 Å². The molecule has 0 saturated carbocycles. The Hall–Kier alpha value is -0.600. The number of rotatable bonds is 5. The quantitative estimate of drug-likeness (QED) is 0.448. The van der Waals surface area contributed by atoms with Crippen LogP contribution in [0.2, 0.25) is 0 Å². The number of hydrogen-bond acceptors (Lipinski definition) is 2. The highest BCUT2D eigenvalue weighted by atomic mass is 16.7. The molecule has 0 saturated heterocycles. The van der Waals surface area contributed by atoms with Gasteiger partial charge >= 0.3 is 0 Å². The molecule has 0 aromatic carbocycles. The Morgan fingerprint density at radius 1 is 1.64 bits per heavy atom. The van der Waals surface area contributed by atoms with Gasteiger partial charge in [-0.05, 0) is 13.8 Å². The molecule has 0 aromatic rings. The van der Waals surface area contributed by atoms with E-state index in [1.54, 1.807) is 13.2 Å². The first kappa shape index (κ1) is 10.4. The van der Waals surface area contributed by atoms with Gasteiger partial charge in [0.05, 0.1) is 6.10 Å². The molecule has 0 aromatic heterocycles. The highest BCUT2D eigenvalue weighted by molar-refractivity contribution is 5.14. The van der Waals surface area contributed by atoms with E-state index in [0.29, 0.717) is 6.79 Å². The van der Waals surface area contributed by atoms with Crippen molar-refractivity contribution in [1.82, 2.24) is 0 Å². The van der Waals surface area contributed by atoms with E-state index in [9.17, 15) is 0 Å². The van der Waals surface area contributed by atoms with Gasteiger partial charge in [-0.1, -0.05) is 24.3 Å². The molecule has 0 aliphatic heterocycles. The van der Waals surface area contributed by atoms with Crippen molar-refractivity contribution in [3.63, 3.8) is 0 Å². The van der Waals surface area contributed by atoms with E-state index in [1.165, 1.54) is 0 Å². The molecule has 0 fully saturated rings. The van der Waals surface area contributed by atoms with Gasteiger partial charge in [-0.25, -0.2) is 0 Å². The molecule has 0 heterocycles. The minimum atomic E-state index is 0.0907. The lowest BCUT2D eigenvalue weighted by Gasteiger charge is -2.07. The summed E-state index contributed by atoms with van der Waals surface area (Å²) in [4.78, 5) is 0. The third-order valence-corrected chi connectivity index (χ3v) is 1.27. The van der Waals surface area contributed by atoms with E-state index in [1.807, 2.05) is 19.9 Å². The van der Waals surface area contributed by atoms with Crippen LogP contribution in [0.25, 0.3) is 0 Å². The van der Waals surface area contributed by atoms with Crippen LogP contribution in [0.5, 0.6) is 0 Å². The molecule has 0 amide bonds. The number of methoxy groups -OCH3 is 1. The summed E-state index contributed by atoms with van der Waals surface area (Å²) < 4.78 is 9.97. The third kappa shape index (κ3) is 5.83. The van der Waals surface area contributed by atoms with Gasteiger partial charge in [-0.2, -0.15) is 0 Å². The second-order valence-electron chi connectivity index (χ2n) is 2.39. The summed E-state index contributed by atoms with van der Waals surface area (Å²) in [6.45, 7) is 7.92. The molecule has 0 radical (unpaired) electrons. The number of hydrogen-bond donors (Lipinski definition) is 0. The van der Waals surface area contributed by atoms with Gasteiger partial charge in [0, 0.05) is 7.11 Å². The molecule has 1 atom stereocenters. The van der Waals surface area contributed by atoms with Gasteiger partial charge in [0.15, 0.2) is 0 Å². The molecule has 2 nitrogen and oxygen atoms in total. The molecule has 2 heteroatoms. The fraction of sp³-hybridized carbons (Fsp3) is 0.556. The van der Waals surface area contributed by atoms with Crippen molar-refractivity contribution in [3.05, 3.63) is 24.3 Å². The maximum Gasteiger partial charge on any atom is 0.147 e. The lowest BCUT2D eigenvalue weighted by atomic mass is 10.2. The molecule has 0 aliphatic rings. The molecule has 64 valence electrons. The monoisotopic (exact) mass is 156 g/mol. The summed E-state index contributed by atoms with van der Waals surface area (Å²) in [5.74, 6) is 0. The molecule has 0 rings (SSSR count). The zero-order chi connectivity index (χ0) is 8.69. The first-order chi connectivity index (χ1) is 5.20. The van der Waals surface area contributed by atoms with Crippen LogP contribution >= 0.6 is 0 Å². The van der Waals surface area contributed by atoms with Crippen molar-refractivity contribution in [2.45, 2.75) is 20.0 Å². The zero-order valence-electron chi connectivity index (χ0n) is 7.46. The Morgan fingerprint density at radius 2 is 2.27 bits per heavy atom. The van der Waals surface area contributed by atoms with Gasteiger partial charge in [-0.3, -0.25) is 0 Å². The second kappa shape index (κ2) is 6.13. The van der Waals surface area contributed by atoms with Crippen LogP contribution in [0.15, 0.2) is 24.3 Å². The summed E-state index contributed by atoms with van der Waals surface area (Å²) in [7, 11) is 1.61. The average molecular weight is 156 g/mol. The van der Waals surface area contributed by atoms with Crippen LogP contribution < -0.4 is 0 Å². The average Bonchev–Trinajstić information content (AvgIpc) is 2.00. The van der Waals surface area contributed by atoms with Crippen molar-refractivity contribution < 1.29 is 9.47 Å². The fourth-order valence-corrected chi connectivity index (χ4v) is 0.662. The van der Waals surface area contributed by atoms with Crippen LogP contribution in [0.1, 0.15) is 13.8 Å². The van der Waals surface area contributed by atoms with E-state index in [-0.39, 0.29) is 6.10 Å². The van der Waals surface area contributed by atoms with E-state index in [2.05, 4.69) is 6.58 Å². The van der Waals surface area contributed by atoms with Gasteiger partial charge in [0.1, 0.15) is 6.79 Å². The maximum absolute atomic E-state index is 5.22. The number of allylic oxidation sites excluding steroid dienone is 2.